The Balaban J connectivity index is 2.43. The third-order valence-corrected chi connectivity index (χ3v) is 2.02. The van der Waals surface area contributed by atoms with Crippen molar-refractivity contribution in [3.63, 3.8) is 0 Å². The Kier molecular flexibility index (Phi) is 5.82. The van der Waals surface area contributed by atoms with Crippen molar-refractivity contribution in [3.05, 3.63) is 42.0 Å². The zero-order valence-corrected chi connectivity index (χ0v) is 9.76. The van der Waals surface area contributed by atoms with Gasteiger partial charge < -0.3 is 14.6 Å². The van der Waals surface area contributed by atoms with E-state index >= 15 is 0 Å². The van der Waals surface area contributed by atoms with Gasteiger partial charge in [0, 0.05) is 11.6 Å². The first-order valence-electron chi connectivity index (χ1n) is 5.42. The van der Waals surface area contributed by atoms with Crippen LogP contribution in [0.5, 0.6) is 5.75 Å². The fourth-order valence-corrected chi connectivity index (χ4v) is 1.25. The molecule has 0 aliphatic rings. The van der Waals surface area contributed by atoms with Gasteiger partial charge in [-0.1, -0.05) is 18.2 Å². The Morgan fingerprint density at radius 2 is 2.18 bits per heavy atom. The molecule has 4 nitrogen and oxygen atoms in total. The lowest BCUT2D eigenvalue weighted by molar-refractivity contribution is -0.137. The lowest BCUT2D eigenvalue weighted by atomic mass is 10.2. The molecular weight excluding hydrogens is 220 g/mol. The van der Waals surface area contributed by atoms with Gasteiger partial charge in [-0.15, -0.1) is 0 Å². The second kappa shape index (κ2) is 7.46. The van der Waals surface area contributed by atoms with E-state index in [9.17, 15) is 4.79 Å². The minimum Gasteiger partial charge on any atom is -0.489 e. The Hall–Kier alpha value is -1.81. The van der Waals surface area contributed by atoms with Crippen molar-refractivity contribution in [2.75, 3.05) is 13.2 Å². The number of benzene rings is 1. The molecule has 17 heavy (non-hydrogen) atoms. The monoisotopic (exact) mass is 236 g/mol. The van der Waals surface area contributed by atoms with Gasteiger partial charge in [0.15, 0.2) is 0 Å². The highest BCUT2D eigenvalue weighted by Gasteiger charge is 1.99. The van der Waals surface area contributed by atoms with E-state index in [2.05, 4.69) is 0 Å². The van der Waals surface area contributed by atoms with Crippen LogP contribution in [0.4, 0.5) is 0 Å². The molecular formula is C13H16O4. The molecule has 0 unspecified atom stereocenters. The molecule has 92 valence electrons. The van der Waals surface area contributed by atoms with Gasteiger partial charge in [0.2, 0.25) is 0 Å². The molecule has 0 saturated carbocycles. The summed E-state index contributed by atoms with van der Waals surface area (Å²) in [4.78, 5) is 11.0. The van der Waals surface area contributed by atoms with Gasteiger partial charge in [-0.2, -0.15) is 0 Å². The number of rotatable bonds is 6. The lowest BCUT2D eigenvalue weighted by Crippen LogP contribution is -2.01. The summed E-state index contributed by atoms with van der Waals surface area (Å²) < 4.78 is 10.1. The predicted molar refractivity (Wildman–Crippen MR) is 63.6 cm³/mol. The van der Waals surface area contributed by atoms with E-state index in [1.807, 2.05) is 12.1 Å². The van der Waals surface area contributed by atoms with Gasteiger partial charge in [-0.25, -0.2) is 4.79 Å². The fourth-order valence-electron chi connectivity index (χ4n) is 1.25. The van der Waals surface area contributed by atoms with Crippen molar-refractivity contribution in [1.82, 2.24) is 0 Å². The summed E-state index contributed by atoms with van der Waals surface area (Å²) in [5.41, 5.74) is 0.719. The van der Waals surface area contributed by atoms with Crippen molar-refractivity contribution in [2.45, 2.75) is 13.5 Å². The molecule has 0 aliphatic heterocycles. The molecule has 0 radical (unpaired) electrons. The highest BCUT2D eigenvalue weighted by Crippen LogP contribution is 2.17. The largest absolute Gasteiger partial charge is 0.489 e. The molecule has 1 aromatic carbocycles. The Morgan fingerprint density at radius 1 is 1.41 bits per heavy atom. The van der Waals surface area contributed by atoms with E-state index in [0.717, 1.165) is 5.56 Å². The number of aliphatic hydroxyl groups excluding tert-OH is 1. The van der Waals surface area contributed by atoms with Crippen LogP contribution in [0.3, 0.4) is 0 Å². The molecule has 0 heterocycles. The quantitative estimate of drug-likeness (QED) is 0.603. The normalized spacial score (nSPS) is 10.5. The predicted octanol–water partition coefficient (Wildman–Crippen LogP) is 1.68. The lowest BCUT2D eigenvalue weighted by Gasteiger charge is -2.07. The minimum absolute atomic E-state index is 0.0717. The van der Waals surface area contributed by atoms with Crippen LogP contribution in [0.25, 0.3) is 0 Å². The van der Waals surface area contributed by atoms with Gasteiger partial charge in [0.05, 0.1) is 13.2 Å². The van der Waals surface area contributed by atoms with Crippen LogP contribution < -0.4 is 4.74 Å². The molecule has 0 aliphatic carbocycles. The van der Waals surface area contributed by atoms with Crippen molar-refractivity contribution in [2.24, 2.45) is 0 Å². The second-order valence-electron chi connectivity index (χ2n) is 3.23. The Bertz CT molecular complexity index is 385. The minimum atomic E-state index is -0.383. The first-order valence-corrected chi connectivity index (χ1v) is 5.42. The Labute approximate surface area is 100 Å². The zero-order valence-electron chi connectivity index (χ0n) is 9.76. The van der Waals surface area contributed by atoms with Crippen molar-refractivity contribution in [1.29, 1.82) is 0 Å². The highest BCUT2D eigenvalue weighted by atomic mass is 16.5. The summed E-state index contributed by atoms with van der Waals surface area (Å²) in [6.07, 6.45) is 2.90. The van der Waals surface area contributed by atoms with Crippen LogP contribution in [0.2, 0.25) is 0 Å². The molecule has 0 spiro atoms. The summed E-state index contributed by atoms with van der Waals surface area (Å²) in [6.45, 7) is 2.30. The number of aliphatic hydroxyl groups is 1. The third-order valence-electron chi connectivity index (χ3n) is 2.02. The first-order chi connectivity index (χ1) is 8.27. The van der Waals surface area contributed by atoms with Gasteiger partial charge in [-0.3, -0.25) is 0 Å². The summed E-state index contributed by atoms with van der Waals surface area (Å²) in [7, 11) is 0. The molecule has 0 bridgehead atoms. The highest BCUT2D eigenvalue weighted by molar-refractivity contribution is 5.81. The van der Waals surface area contributed by atoms with E-state index in [1.165, 1.54) is 6.08 Å². The molecule has 1 N–H and O–H groups in total. The molecule has 0 amide bonds. The van der Waals surface area contributed by atoms with Crippen LogP contribution in [0, 0.1) is 0 Å². The van der Waals surface area contributed by atoms with Gasteiger partial charge in [0.25, 0.3) is 0 Å². The zero-order chi connectivity index (χ0) is 12.5. The number of carbonyl (C=O) groups is 1. The maximum atomic E-state index is 11.0. The van der Waals surface area contributed by atoms with E-state index < -0.39 is 0 Å². The smallest absolute Gasteiger partial charge is 0.330 e. The fraction of sp³-hybridized carbons (Fsp3) is 0.308. The van der Waals surface area contributed by atoms with Gasteiger partial charge >= 0.3 is 5.97 Å². The average molecular weight is 236 g/mol. The van der Waals surface area contributed by atoms with Crippen LogP contribution in [-0.2, 0) is 16.1 Å². The average Bonchev–Trinajstić information content (AvgIpc) is 2.35. The van der Waals surface area contributed by atoms with Crippen LogP contribution in [0.1, 0.15) is 12.5 Å². The number of hydrogen-bond acceptors (Lipinski definition) is 4. The summed E-state index contributed by atoms with van der Waals surface area (Å²) in [6, 6.07) is 7.20. The summed E-state index contributed by atoms with van der Waals surface area (Å²) in [5.74, 6) is 0.232. The maximum Gasteiger partial charge on any atom is 0.330 e. The SMILES string of the molecule is CCOC(=O)/C=C\COc1ccccc1CO. The molecule has 0 aromatic heterocycles. The molecule has 0 atom stereocenters. The molecule has 0 saturated heterocycles. The van der Waals surface area contributed by atoms with E-state index in [1.54, 1.807) is 25.1 Å². The van der Waals surface area contributed by atoms with Gasteiger partial charge in [0.1, 0.15) is 12.4 Å². The maximum absolute atomic E-state index is 11.0. The molecule has 1 rings (SSSR count). The summed E-state index contributed by atoms with van der Waals surface area (Å²) in [5, 5.41) is 9.06. The van der Waals surface area contributed by atoms with E-state index in [4.69, 9.17) is 14.6 Å². The van der Waals surface area contributed by atoms with Crippen LogP contribution in [-0.4, -0.2) is 24.3 Å². The second-order valence-corrected chi connectivity index (χ2v) is 3.23. The van der Waals surface area contributed by atoms with Crippen molar-refractivity contribution in [3.8, 4) is 5.75 Å². The van der Waals surface area contributed by atoms with Crippen molar-refractivity contribution >= 4 is 5.97 Å². The van der Waals surface area contributed by atoms with Crippen LogP contribution in [0.15, 0.2) is 36.4 Å². The number of ether oxygens (including phenoxy) is 2. The number of para-hydroxylation sites is 1. The van der Waals surface area contributed by atoms with Gasteiger partial charge in [-0.05, 0) is 19.1 Å². The third kappa shape index (κ3) is 4.70. The molecule has 4 heteroatoms. The van der Waals surface area contributed by atoms with Crippen molar-refractivity contribution < 1.29 is 19.4 Å². The Morgan fingerprint density at radius 3 is 2.88 bits per heavy atom. The number of esters is 1. The van der Waals surface area contributed by atoms with E-state index in [0.29, 0.717) is 12.4 Å². The van der Waals surface area contributed by atoms with Crippen LogP contribution >= 0.6 is 0 Å². The molecule has 1 aromatic rings. The van der Waals surface area contributed by atoms with E-state index in [-0.39, 0.29) is 19.2 Å². The first kappa shape index (κ1) is 13.3. The number of hydrogen-bond donors (Lipinski definition) is 1. The number of carbonyl (C=O) groups excluding carboxylic acids is 1. The standard InChI is InChI=1S/C13H16O4/c1-2-16-13(15)8-5-9-17-12-7-4-3-6-11(12)10-14/h3-8,14H,2,9-10H2,1H3/b8-5-. The summed E-state index contributed by atoms with van der Waals surface area (Å²) >= 11 is 0. The molecule has 0 fully saturated rings. The topological polar surface area (TPSA) is 55.8 Å².